The highest BCUT2D eigenvalue weighted by Crippen LogP contribution is 2.41. The summed E-state index contributed by atoms with van der Waals surface area (Å²) in [5, 5.41) is 9.52. The molecule has 0 fully saturated rings. The predicted octanol–water partition coefficient (Wildman–Crippen LogP) is 6.96. The monoisotopic (exact) mass is 481 g/mol. The number of carboxylic acid groups (broad SMARTS) is 1. The van der Waals surface area contributed by atoms with Crippen LogP contribution < -0.4 is 9.64 Å². The molecule has 5 heteroatoms. The first-order valence-electron chi connectivity index (χ1n) is 12.1. The molecule has 1 N–H and O–H groups in total. The molecule has 0 bridgehead atoms. The molecule has 0 saturated heterocycles. The van der Waals surface area contributed by atoms with Crippen LogP contribution in [0.15, 0.2) is 91.0 Å². The van der Waals surface area contributed by atoms with E-state index < -0.39 is 5.97 Å². The molecule has 1 heterocycles. The fourth-order valence-electron chi connectivity index (χ4n) is 4.87. The van der Waals surface area contributed by atoms with Gasteiger partial charge >= 0.3 is 5.97 Å². The van der Waals surface area contributed by atoms with E-state index in [1.54, 1.807) is 13.0 Å². The lowest BCUT2D eigenvalue weighted by molar-refractivity contribution is -0.137. The van der Waals surface area contributed by atoms with E-state index in [9.17, 15) is 14.3 Å². The first kappa shape index (κ1) is 23.6. The molecule has 4 aromatic rings. The number of anilines is 1. The highest BCUT2D eigenvalue weighted by Gasteiger charge is 2.30. The normalized spacial score (nSPS) is 14.5. The van der Waals surface area contributed by atoms with Crippen LogP contribution in [0.2, 0.25) is 0 Å². The molecule has 4 nitrogen and oxygen atoms in total. The number of fused-ring (bicyclic) bond motifs is 1. The van der Waals surface area contributed by atoms with Crippen molar-refractivity contribution < 1.29 is 19.0 Å². The van der Waals surface area contributed by atoms with Gasteiger partial charge in [-0.1, -0.05) is 54.6 Å². The van der Waals surface area contributed by atoms with E-state index in [1.165, 1.54) is 6.07 Å². The smallest absolute Gasteiger partial charge is 0.304 e. The van der Waals surface area contributed by atoms with Crippen molar-refractivity contribution in [3.05, 3.63) is 119 Å². The molecule has 0 saturated carbocycles. The number of halogens is 1. The lowest BCUT2D eigenvalue weighted by atomic mass is 9.98. The molecule has 0 radical (unpaired) electrons. The summed E-state index contributed by atoms with van der Waals surface area (Å²) in [5.74, 6) is -0.388. The SMILES string of the molecule is Cc1cc(-c2cccc(CN3CC(CC(=O)O)c4cc(OCc5ccccc5)ccc43)c2)ccc1F. The Labute approximate surface area is 210 Å². The first-order chi connectivity index (χ1) is 17.5. The summed E-state index contributed by atoms with van der Waals surface area (Å²) in [6, 6.07) is 29.3. The Morgan fingerprint density at radius 2 is 1.72 bits per heavy atom. The van der Waals surface area contributed by atoms with Crippen LogP contribution in [0.1, 0.15) is 34.6 Å². The fraction of sp³-hybridized carbons (Fsp3) is 0.194. The molecule has 0 spiro atoms. The maximum absolute atomic E-state index is 13.7. The van der Waals surface area contributed by atoms with Crippen LogP contribution in [0.3, 0.4) is 0 Å². The fourth-order valence-corrected chi connectivity index (χ4v) is 4.87. The second-order valence-corrected chi connectivity index (χ2v) is 9.33. The standard InChI is InChI=1S/C31H28FNO3/c1-21-14-25(10-12-29(21)32)24-9-5-8-23(15-24)18-33-19-26(16-31(34)35)28-17-27(11-13-30(28)33)36-20-22-6-3-2-4-7-22/h2-15,17,26H,16,18-20H2,1H3,(H,34,35). The summed E-state index contributed by atoms with van der Waals surface area (Å²) in [5.41, 5.74) is 6.86. The summed E-state index contributed by atoms with van der Waals surface area (Å²) in [6.45, 7) is 3.51. The average molecular weight is 482 g/mol. The quantitative estimate of drug-likeness (QED) is 0.296. The van der Waals surface area contributed by atoms with E-state index in [0.717, 1.165) is 39.3 Å². The third-order valence-electron chi connectivity index (χ3n) is 6.68. The van der Waals surface area contributed by atoms with Crippen molar-refractivity contribution in [1.82, 2.24) is 0 Å². The number of nitrogens with zero attached hydrogens (tertiary/aromatic N) is 1. The first-order valence-corrected chi connectivity index (χ1v) is 12.1. The molecule has 1 unspecified atom stereocenters. The summed E-state index contributed by atoms with van der Waals surface area (Å²) in [6.07, 6.45) is 0.0700. The average Bonchev–Trinajstić information content (AvgIpc) is 3.20. The van der Waals surface area contributed by atoms with Crippen molar-refractivity contribution in [2.24, 2.45) is 0 Å². The molecule has 1 atom stereocenters. The minimum absolute atomic E-state index is 0.0700. The van der Waals surface area contributed by atoms with Crippen LogP contribution in [0.4, 0.5) is 10.1 Å². The van der Waals surface area contributed by atoms with E-state index in [2.05, 4.69) is 17.0 Å². The number of aryl methyl sites for hydroxylation is 1. The van der Waals surface area contributed by atoms with Crippen molar-refractivity contribution >= 4 is 11.7 Å². The van der Waals surface area contributed by atoms with Gasteiger partial charge in [0.25, 0.3) is 0 Å². The van der Waals surface area contributed by atoms with Gasteiger partial charge < -0.3 is 14.7 Å². The summed E-state index contributed by atoms with van der Waals surface area (Å²) < 4.78 is 19.8. The predicted molar refractivity (Wildman–Crippen MR) is 140 cm³/mol. The Kier molecular flexibility index (Phi) is 6.72. The van der Waals surface area contributed by atoms with Crippen molar-refractivity contribution in [1.29, 1.82) is 0 Å². The highest BCUT2D eigenvalue weighted by atomic mass is 19.1. The number of hydrogen-bond acceptors (Lipinski definition) is 3. The molecule has 1 aliphatic heterocycles. The van der Waals surface area contributed by atoms with E-state index >= 15 is 0 Å². The Morgan fingerprint density at radius 1 is 0.944 bits per heavy atom. The van der Waals surface area contributed by atoms with Crippen LogP contribution >= 0.6 is 0 Å². The van der Waals surface area contributed by atoms with E-state index in [4.69, 9.17) is 4.74 Å². The van der Waals surface area contributed by atoms with Gasteiger partial charge in [0.1, 0.15) is 18.2 Å². The van der Waals surface area contributed by atoms with Gasteiger partial charge in [-0.2, -0.15) is 0 Å². The number of carbonyl (C=O) groups is 1. The van der Waals surface area contributed by atoms with Crippen molar-refractivity contribution in [3.63, 3.8) is 0 Å². The van der Waals surface area contributed by atoms with Crippen LogP contribution in [0, 0.1) is 12.7 Å². The molecule has 5 rings (SSSR count). The van der Waals surface area contributed by atoms with Gasteiger partial charge in [0, 0.05) is 24.7 Å². The number of rotatable bonds is 8. The number of hydrogen-bond donors (Lipinski definition) is 1. The lowest BCUT2D eigenvalue weighted by Crippen LogP contribution is -2.22. The Bertz CT molecular complexity index is 1390. The number of ether oxygens (including phenoxy) is 1. The zero-order valence-corrected chi connectivity index (χ0v) is 20.2. The second-order valence-electron chi connectivity index (χ2n) is 9.33. The number of aliphatic carboxylic acids is 1. The minimum Gasteiger partial charge on any atom is -0.489 e. The number of benzene rings is 4. The molecular formula is C31H28FNO3. The van der Waals surface area contributed by atoms with Crippen LogP contribution in [-0.4, -0.2) is 17.6 Å². The molecular weight excluding hydrogens is 453 g/mol. The van der Waals surface area contributed by atoms with Gasteiger partial charge in [-0.05, 0) is 76.7 Å². The Hall–Kier alpha value is -4.12. The van der Waals surface area contributed by atoms with Crippen molar-refractivity contribution in [3.8, 4) is 16.9 Å². The molecule has 4 aromatic carbocycles. The molecule has 0 amide bonds. The summed E-state index contributed by atoms with van der Waals surface area (Å²) >= 11 is 0. The maximum Gasteiger partial charge on any atom is 0.304 e. The van der Waals surface area contributed by atoms with Gasteiger partial charge in [-0.25, -0.2) is 4.39 Å². The topological polar surface area (TPSA) is 49.8 Å². The minimum atomic E-state index is -0.808. The van der Waals surface area contributed by atoms with E-state index in [-0.39, 0.29) is 18.2 Å². The number of carboxylic acids is 1. The van der Waals surface area contributed by atoms with Crippen molar-refractivity contribution in [2.45, 2.75) is 32.4 Å². The van der Waals surface area contributed by atoms with Gasteiger partial charge in [-0.3, -0.25) is 4.79 Å². The largest absolute Gasteiger partial charge is 0.489 e. The van der Waals surface area contributed by atoms with E-state index in [0.29, 0.717) is 25.3 Å². The van der Waals surface area contributed by atoms with Gasteiger partial charge in [0.05, 0.1) is 6.42 Å². The lowest BCUT2D eigenvalue weighted by Gasteiger charge is -2.21. The van der Waals surface area contributed by atoms with Gasteiger partial charge in [0.15, 0.2) is 0 Å². The van der Waals surface area contributed by atoms with Crippen LogP contribution in [0.25, 0.3) is 11.1 Å². The Balaban J connectivity index is 1.37. The molecule has 182 valence electrons. The zero-order valence-electron chi connectivity index (χ0n) is 20.2. The zero-order chi connectivity index (χ0) is 25.1. The van der Waals surface area contributed by atoms with Gasteiger partial charge in [0.2, 0.25) is 0 Å². The van der Waals surface area contributed by atoms with Crippen LogP contribution in [0.5, 0.6) is 5.75 Å². The third kappa shape index (κ3) is 5.25. The summed E-state index contributed by atoms with van der Waals surface area (Å²) in [4.78, 5) is 13.8. The molecule has 36 heavy (non-hydrogen) atoms. The van der Waals surface area contributed by atoms with Crippen molar-refractivity contribution in [2.75, 3.05) is 11.4 Å². The summed E-state index contributed by atoms with van der Waals surface area (Å²) in [7, 11) is 0. The highest BCUT2D eigenvalue weighted by molar-refractivity contribution is 5.72. The second kappa shape index (κ2) is 10.2. The maximum atomic E-state index is 13.7. The van der Waals surface area contributed by atoms with Crippen LogP contribution in [-0.2, 0) is 17.9 Å². The Morgan fingerprint density at radius 3 is 2.50 bits per heavy atom. The molecule has 1 aliphatic rings. The molecule has 0 aliphatic carbocycles. The molecule has 0 aromatic heterocycles. The third-order valence-corrected chi connectivity index (χ3v) is 6.68. The van der Waals surface area contributed by atoms with E-state index in [1.807, 2.05) is 66.7 Å². The van der Waals surface area contributed by atoms with Gasteiger partial charge in [-0.15, -0.1) is 0 Å².